The van der Waals surface area contributed by atoms with Crippen molar-refractivity contribution >= 4 is 22.7 Å². The van der Waals surface area contributed by atoms with Crippen molar-refractivity contribution in [2.75, 3.05) is 4.90 Å². The lowest BCUT2D eigenvalue weighted by Gasteiger charge is -2.15. The standard InChI is InChI=1S/C21H15N3O2/c1-13-4-6-17-15(9-13)12-24(21(17)25)16-5-7-19-18(10-16)23-20(26-19)14-3-2-8-22-11-14/h2-11H,12H2,1H3. The number of pyridine rings is 1. The molecule has 1 aliphatic rings. The van der Waals surface area contributed by atoms with Gasteiger partial charge in [-0.25, -0.2) is 4.98 Å². The van der Waals surface area contributed by atoms with Gasteiger partial charge in [0.2, 0.25) is 5.89 Å². The van der Waals surface area contributed by atoms with Gasteiger partial charge >= 0.3 is 0 Å². The Labute approximate surface area is 149 Å². The van der Waals surface area contributed by atoms with E-state index in [9.17, 15) is 4.79 Å². The molecule has 1 amide bonds. The lowest BCUT2D eigenvalue weighted by atomic mass is 10.1. The van der Waals surface area contributed by atoms with E-state index in [1.54, 1.807) is 17.3 Å². The van der Waals surface area contributed by atoms with Crippen LogP contribution >= 0.6 is 0 Å². The van der Waals surface area contributed by atoms with Crippen LogP contribution in [-0.2, 0) is 6.54 Å². The number of hydrogen-bond donors (Lipinski definition) is 0. The van der Waals surface area contributed by atoms with Crippen LogP contribution in [0.25, 0.3) is 22.6 Å². The fraction of sp³-hybridized carbons (Fsp3) is 0.0952. The number of carbonyl (C=O) groups excluding carboxylic acids is 1. The summed E-state index contributed by atoms with van der Waals surface area (Å²) in [5.74, 6) is 0.548. The third-order valence-corrected chi connectivity index (χ3v) is 4.66. The third kappa shape index (κ3) is 2.29. The average Bonchev–Trinajstić information content (AvgIpc) is 3.23. The van der Waals surface area contributed by atoms with E-state index in [4.69, 9.17) is 4.42 Å². The van der Waals surface area contributed by atoms with Crippen molar-refractivity contribution in [2.45, 2.75) is 13.5 Å². The molecule has 5 nitrogen and oxygen atoms in total. The average molecular weight is 341 g/mol. The van der Waals surface area contributed by atoms with Crippen LogP contribution in [0.1, 0.15) is 21.5 Å². The molecule has 0 aliphatic carbocycles. The monoisotopic (exact) mass is 341 g/mol. The molecule has 2 aromatic heterocycles. The molecule has 0 radical (unpaired) electrons. The lowest BCUT2D eigenvalue weighted by molar-refractivity contribution is 0.0996. The lowest BCUT2D eigenvalue weighted by Crippen LogP contribution is -2.22. The predicted octanol–water partition coefficient (Wildman–Crippen LogP) is 4.36. The normalized spacial score (nSPS) is 13.4. The van der Waals surface area contributed by atoms with Crippen molar-refractivity contribution in [2.24, 2.45) is 0 Å². The summed E-state index contributed by atoms with van der Waals surface area (Å²) in [6.07, 6.45) is 3.43. The molecule has 5 heteroatoms. The van der Waals surface area contributed by atoms with E-state index in [2.05, 4.69) is 16.0 Å². The summed E-state index contributed by atoms with van der Waals surface area (Å²) < 4.78 is 5.82. The minimum atomic E-state index is 0.0235. The number of rotatable bonds is 2. The van der Waals surface area contributed by atoms with Crippen LogP contribution in [0, 0.1) is 6.92 Å². The number of amides is 1. The molecule has 0 N–H and O–H groups in total. The highest BCUT2D eigenvalue weighted by Crippen LogP contribution is 2.32. The summed E-state index contributed by atoms with van der Waals surface area (Å²) in [5.41, 5.74) is 6.05. The van der Waals surface area contributed by atoms with Crippen LogP contribution in [-0.4, -0.2) is 15.9 Å². The van der Waals surface area contributed by atoms with Crippen LogP contribution in [0.2, 0.25) is 0 Å². The first-order chi connectivity index (χ1) is 12.7. The molecule has 0 saturated carbocycles. The van der Waals surface area contributed by atoms with Crippen LogP contribution in [0.4, 0.5) is 5.69 Å². The van der Waals surface area contributed by atoms with E-state index in [-0.39, 0.29) is 5.91 Å². The van der Waals surface area contributed by atoms with Gasteiger partial charge in [-0.3, -0.25) is 9.78 Å². The number of fused-ring (bicyclic) bond motifs is 2. The van der Waals surface area contributed by atoms with Gasteiger partial charge in [-0.05, 0) is 48.9 Å². The highest BCUT2D eigenvalue weighted by Gasteiger charge is 2.28. The summed E-state index contributed by atoms with van der Waals surface area (Å²) >= 11 is 0. The number of nitrogens with zero attached hydrogens (tertiary/aromatic N) is 3. The molecule has 0 saturated heterocycles. The van der Waals surface area contributed by atoms with E-state index in [0.29, 0.717) is 18.0 Å². The molecule has 5 rings (SSSR count). The zero-order valence-corrected chi connectivity index (χ0v) is 14.1. The molecular weight excluding hydrogens is 326 g/mol. The SMILES string of the molecule is Cc1ccc2c(c1)CN(c1ccc3oc(-c4cccnc4)nc3c1)C2=O. The number of aryl methyl sites for hydroxylation is 1. The summed E-state index contributed by atoms with van der Waals surface area (Å²) in [4.78, 5) is 23.2. The largest absolute Gasteiger partial charge is 0.436 e. The van der Waals surface area contributed by atoms with E-state index in [1.807, 2.05) is 49.4 Å². The summed E-state index contributed by atoms with van der Waals surface area (Å²) in [5, 5.41) is 0. The Morgan fingerprint density at radius 1 is 1.12 bits per heavy atom. The molecule has 0 atom stereocenters. The van der Waals surface area contributed by atoms with Gasteiger partial charge in [-0.15, -0.1) is 0 Å². The first-order valence-corrected chi connectivity index (χ1v) is 8.41. The number of aromatic nitrogens is 2. The second-order valence-electron chi connectivity index (χ2n) is 6.46. The van der Waals surface area contributed by atoms with Gasteiger partial charge in [0, 0.05) is 23.6 Å². The third-order valence-electron chi connectivity index (χ3n) is 4.66. The fourth-order valence-corrected chi connectivity index (χ4v) is 3.35. The second kappa shape index (κ2) is 5.52. The Bertz CT molecular complexity index is 1150. The first kappa shape index (κ1) is 14.8. The summed E-state index contributed by atoms with van der Waals surface area (Å²) in [6.45, 7) is 2.61. The topological polar surface area (TPSA) is 59.2 Å². The number of benzene rings is 2. The molecule has 0 bridgehead atoms. The van der Waals surface area contributed by atoms with Gasteiger partial charge < -0.3 is 9.32 Å². The molecule has 26 heavy (non-hydrogen) atoms. The molecule has 0 fully saturated rings. The van der Waals surface area contributed by atoms with Crippen molar-refractivity contribution in [1.82, 2.24) is 9.97 Å². The molecule has 4 aromatic rings. The van der Waals surface area contributed by atoms with Gasteiger partial charge in [0.15, 0.2) is 5.58 Å². The maximum Gasteiger partial charge on any atom is 0.258 e. The minimum Gasteiger partial charge on any atom is -0.436 e. The Kier molecular flexibility index (Phi) is 3.15. The van der Waals surface area contributed by atoms with E-state index in [0.717, 1.165) is 33.5 Å². The van der Waals surface area contributed by atoms with Crippen molar-refractivity contribution in [3.05, 3.63) is 77.6 Å². The molecule has 0 unspecified atom stereocenters. The van der Waals surface area contributed by atoms with Gasteiger partial charge in [0.05, 0.1) is 12.1 Å². The highest BCUT2D eigenvalue weighted by molar-refractivity contribution is 6.10. The number of anilines is 1. The smallest absolute Gasteiger partial charge is 0.258 e. The van der Waals surface area contributed by atoms with E-state index in [1.165, 1.54) is 0 Å². The Hall–Kier alpha value is -3.47. The second-order valence-corrected chi connectivity index (χ2v) is 6.46. The van der Waals surface area contributed by atoms with Gasteiger partial charge in [0.25, 0.3) is 5.91 Å². The van der Waals surface area contributed by atoms with Crippen molar-refractivity contribution < 1.29 is 9.21 Å². The molecule has 126 valence electrons. The summed E-state index contributed by atoms with van der Waals surface area (Å²) in [6, 6.07) is 15.4. The van der Waals surface area contributed by atoms with Gasteiger partial charge in [0.1, 0.15) is 5.52 Å². The van der Waals surface area contributed by atoms with E-state index < -0.39 is 0 Å². The van der Waals surface area contributed by atoms with Crippen LogP contribution in [0.15, 0.2) is 65.3 Å². The quantitative estimate of drug-likeness (QED) is 0.543. The Morgan fingerprint density at radius 2 is 2.04 bits per heavy atom. The zero-order chi connectivity index (χ0) is 17.7. The summed E-state index contributed by atoms with van der Waals surface area (Å²) in [7, 11) is 0. The Balaban J connectivity index is 1.54. The van der Waals surface area contributed by atoms with Crippen molar-refractivity contribution in [3.8, 4) is 11.5 Å². The van der Waals surface area contributed by atoms with Crippen LogP contribution in [0.3, 0.4) is 0 Å². The molecular formula is C21H15N3O2. The minimum absolute atomic E-state index is 0.0235. The molecule has 0 spiro atoms. The molecule has 2 aromatic carbocycles. The van der Waals surface area contributed by atoms with Gasteiger partial charge in [-0.1, -0.05) is 17.7 Å². The fourth-order valence-electron chi connectivity index (χ4n) is 3.35. The van der Waals surface area contributed by atoms with Crippen molar-refractivity contribution in [3.63, 3.8) is 0 Å². The zero-order valence-electron chi connectivity index (χ0n) is 14.1. The number of hydrogen-bond acceptors (Lipinski definition) is 4. The van der Waals surface area contributed by atoms with E-state index >= 15 is 0 Å². The number of carbonyl (C=O) groups is 1. The Morgan fingerprint density at radius 3 is 2.88 bits per heavy atom. The predicted molar refractivity (Wildman–Crippen MR) is 98.9 cm³/mol. The van der Waals surface area contributed by atoms with Crippen molar-refractivity contribution in [1.29, 1.82) is 0 Å². The highest BCUT2D eigenvalue weighted by atomic mass is 16.3. The maximum atomic E-state index is 12.7. The molecule has 3 heterocycles. The van der Waals surface area contributed by atoms with Crippen LogP contribution < -0.4 is 4.90 Å². The first-order valence-electron chi connectivity index (χ1n) is 8.41. The van der Waals surface area contributed by atoms with Gasteiger partial charge in [-0.2, -0.15) is 0 Å². The molecule has 1 aliphatic heterocycles. The maximum absolute atomic E-state index is 12.7. The van der Waals surface area contributed by atoms with Crippen LogP contribution in [0.5, 0.6) is 0 Å². The number of oxazole rings is 1.